The number of esters is 2. The molecule has 2 aromatic rings. The molecule has 0 fully saturated rings. The Morgan fingerprint density at radius 2 is 1.69 bits per heavy atom. The van der Waals surface area contributed by atoms with Gasteiger partial charge in [0, 0.05) is 16.1 Å². The number of methoxy groups -OCH3 is 2. The molecule has 1 N–H and O–H groups in total. The maximum Gasteiger partial charge on any atom is 0.354 e. The smallest absolute Gasteiger partial charge is 0.354 e. The first-order chi connectivity index (χ1) is 12.5. The van der Waals surface area contributed by atoms with Crippen molar-refractivity contribution in [3.63, 3.8) is 0 Å². The van der Waals surface area contributed by atoms with Crippen molar-refractivity contribution in [1.82, 2.24) is 0 Å². The molecule has 0 radical (unpaired) electrons. The average Bonchev–Trinajstić information content (AvgIpc) is 2.67. The summed E-state index contributed by atoms with van der Waals surface area (Å²) >= 11 is 6.02. The number of rotatable bonds is 6. The van der Waals surface area contributed by atoms with Gasteiger partial charge in [-0.3, -0.25) is 4.79 Å². The first kappa shape index (κ1) is 19.2. The molecule has 2 aromatic carbocycles. The van der Waals surface area contributed by atoms with E-state index in [9.17, 15) is 14.4 Å². The molecule has 0 heterocycles. The highest BCUT2D eigenvalue weighted by atomic mass is 35.5. The van der Waals surface area contributed by atoms with Crippen molar-refractivity contribution in [2.24, 2.45) is 0 Å². The molecule has 0 saturated heterocycles. The zero-order valence-electron chi connectivity index (χ0n) is 14.1. The average molecular weight is 374 g/mol. The molecule has 0 aliphatic heterocycles. The number of carbonyl (C=O) groups excluding carboxylic acids is 3. The van der Waals surface area contributed by atoms with E-state index in [1.807, 2.05) is 0 Å². The molecule has 0 amide bonds. The molecule has 0 atom stereocenters. The van der Waals surface area contributed by atoms with Gasteiger partial charge in [0.15, 0.2) is 5.78 Å². The quantitative estimate of drug-likeness (QED) is 0.475. The van der Waals surface area contributed by atoms with Crippen LogP contribution in [0.4, 0.5) is 5.69 Å². The maximum absolute atomic E-state index is 12.8. The Labute approximate surface area is 155 Å². The van der Waals surface area contributed by atoms with E-state index in [4.69, 9.17) is 11.6 Å². The Hall–Kier alpha value is -3.12. The minimum absolute atomic E-state index is 0.191. The van der Waals surface area contributed by atoms with Gasteiger partial charge in [0.05, 0.1) is 26.0 Å². The summed E-state index contributed by atoms with van der Waals surface area (Å²) in [5, 5.41) is 3.08. The molecule has 0 unspecified atom stereocenters. The molecule has 0 aromatic heterocycles. The Bertz CT molecular complexity index is 861. The fraction of sp³-hybridized carbons (Fsp3) is 0.105. The molecule has 7 heteroatoms. The van der Waals surface area contributed by atoms with Crippen molar-refractivity contribution in [2.45, 2.75) is 0 Å². The van der Waals surface area contributed by atoms with Crippen molar-refractivity contribution in [3.05, 3.63) is 76.5 Å². The molecular formula is C19H16ClNO5. The molecule has 6 nitrogen and oxygen atoms in total. The Morgan fingerprint density at radius 1 is 1.00 bits per heavy atom. The molecule has 0 saturated carbocycles. The second-order valence-electron chi connectivity index (χ2n) is 5.08. The van der Waals surface area contributed by atoms with Crippen molar-refractivity contribution >= 4 is 35.0 Å². The molecule has 134 valence electrons. The SMILES string of the molecule is COC(=O)/C=C(/Nc1cc(Cl)ccc1C(=O)c1ccccc1)C(=O)OC. The van der Waals surface area contributed by atoms with Crippen molar-refractivity contribution in [1.29, 1.82) is 0 Å². The summed E-state index contributed by atoms with van der Waals surface area (Å²) < 4.78 is 9.18. The summed E-state index contributed by atoms with van der Waals surface area (Å²) in [5.41, 5.74) is 0.811. The molecule has 0 aliphatic rings. The van der Waals surface area contributed by atoms with Gasteiger partial charge >= 0.3 is 11.9 Å². The number of anilines is 1. The summed E-state index contributed by atoms with van der Waals surface area (Å²) in [7, 11) is 2.35. The lowest BCUT2D eigenvalue weighted by Gasteiger charge is -2.13. The third-order valence-corrected chi connectivity index (χ3v) is 3.64. The van der Waals surface area contributed by atoms with Gasteiger partial charge in [0.2, 0.25) is 0 Å². The van der Waals surface area contributed by atoms with Crippen molar-refractivity contribution < 1.29 is 23.9 Å². The third kappa shape index (κ3) is 4.70. The number of hydrogen-bond donors (Lipinski definition) is 1. The predicted molar refractivity (Wildman–Crippen MR) is 97.1 cm³/mol. The van der Waals surface area contributed by atoms with E-state index < -0.39 is 11.9 Å². The van der Waals surface area contributed by atoms with E-state index in [0.717, 1.165) is 6.08 Å². The highest BCUT2D eigenvalue weighted by molar-refractivity contribution is 6.31. The van der Waals surface area contributed by atoms with Crippen LogP contribution >= 0.6 is 11.6 Å². The Morgan fingerprint density at radius 3 is 2.31 bits per heavy atom. The molecule has 0 aliphatic carbocycles. The summed E-state index contributed by atoms with van der Waals surface area (Å²) in [4.78, 5) is 36.2. The largest absolute Gasteiger partial charge is 0.466 e. The summed E-state index contributed by atoms with van der Waals surface area (Å²) in [6.07, 6.45) is 0.934. The molecule has 26 heavy (non-hydrogen) atoms. The van der Waals surface area contributed by atoms with Gasteiger partial charge < -0.3 is 14.8 Å². The maximum atomic E-state index is 12.8. The van der Waals surface area contributed by atoms with E-state index in [-0.39, 0.29) is 22.7 Å². The Balaban J connectivity index is 2.46. The first-order valence-corrected chi connectivity index (χ1v) is 7.88. The van der Waals surface area contributed by atoms with Crippen LogP contribution in [-0.4, -0.2) is 31.9 Å². The van der Waals surface area contributed by atoms with Crippen LogP contribution in [0.5, 0.6) is 0 Å². The van der Waals surface area contributed by atoms with Crippen LogP contribution < -0.4 is 5.32 Å². The number of benzene rings is 2. The minimum Gasteiger partial charge on any atom is -0.466 e. The number of ketones is 1. The van der Waals surface area contributed by atoms with Gasteiger partial charge in [-0.1, -0.05) is 41.9 Å². The van der Waals surface area contributed by atoms with E-state index in [2.05, 4.69) is 14.8 Å². The van der Waals surface area contributed by atoms with Crippen LogP contribution in [0.3, 0.4) is 0 Å². The van der Waals surface area contributed by atoms with Crippen LogP contribution in [0.1, 0.15) is 15.9 Å². The van der Waals surface area contributed by atoms with Crippen LogP contribution in [0, 0.1) is 0 Å². The molecule has 0 bridgehead atoms. The van der Waals surface area contributed by atoms with E-state index >= 15 is 0 Å². The molecule has 2 rings (SSSR count). The zero-order chi connectivity index (χ0) is 19.1. The van der Waals surface area contributed by atoms with E-state index in [1.165, 1.54) is 26.4 Å². The lowest BCUT2D eigenvalue weighted by molar-refractivity contribution is -0.138. The fourth-order valence-electron chi connectivity index (χ4n) is 2.14. The number of hydrogen-bond acceptors (Lipinski definition) is 6. The second kappa shape index (κ2) is 8.82. The zero-order valence-corrected chi connectivity index (χ0v) is 14.9. The predicted octanol–water partition coefficient (Wildman–Crippen LogP) is 3.21. The van der Waals surface area contributed by atoms with Gasteiger partial charge in [0.25, 0.3) is 0 Å². The summed E-state index contributed by atoms with van der Waals surface area (Å²) in [5.74, 6) is -1.82. The highest BCUT2D eigenvalue weighted by Crippen LogP contribution is 2.25. The number of nitrogens with one attached hydrogen (secondary N) is 1. The number of ether oxygens (including phenoxy) is 2. The van der Waals surface area contributed by atoms with Gasteiger partial charge in [-0.25, -0.2) is 9.59 Å². The first-order valence-electron chi connectivity index (χ1n) is 7.50. The monoisotopic (exact) mass is 373 g/mol. The Kier molecular flexibility index (Phi) is 6.52. The van der Waals surface area contributed by atoms with Gasteiger partial charge in [0.1, 0.15) is 5.70 Å². The number of carbonyl (C=O) groups is 3. The molecular weight excluding hydrogens is 358 g/mol. The van der Waals surface area contributed by atoms with Gasteiger partial charge in [-0.05, 0) is 18.2 Å². The van der Waals surface area contributed by atoms with Crippen molar-refractivity contribution in [2.75, 3.05) is 19.5 Å². The minimum atomic E-state index is -0.798. The van der Waals surface area contributed by atoms with Crippen LogP contribution in [0.15, 0.2) is 60.3 Å². The topological polar surface area (TPSA) is 81.7 Å². The van der Waals surface area contributed by atoms with Crippen LogP contribution in [0.2, 0.25) is 5.02 Å². The lowest BCUT2D eigenvalue weighted by Crippen LogP contribution is -2.17. The summed E-state index contributed by atoms with van der Waals surface area (Å²) in [6.45, 7) is 0. The van der Waals surface area contributed by atoms with Crippen LogP contribution in [-0.2, 0) is 19.1 Å². The highest BCUT2D eigenvalue weighted by Gasteiger charge is 2.18. The number of halogens is 1. The lowest BCUT2D eigenvalue weighted by atomic mass is 10.0. The van der Waals surface area contributed by atoms with Crippen LogP contribution in [0.25, 0.3) is 0 Å². The third-order valence-electron chi connectivity index (χ3n) is 3.40. The fourth-order valence-corrected chi connectivity index (χ4v) is 2.31. The standard InChI is InChI=1S/C19H16ClNO5/c1-25-17(22)11-16(19(24)26-2)21-15-10-13(20)8-9-14(15)18(23)12-6-4-3-5-7-12/h3-11,21H,1-2H3/b16-11+. The molecule has 0 spiro atoms. The van der Waals surface area contributed by atoms with E-state index in [0.29, 0.717) is 10.6 Å². The van der Waals surface area contributed by atoms with Gasteiger partial charge in [-0.2, -0.15) is 0 Å². The van der Waals surface area contributed by atoms with Crippen molar-refractivity contribution in [3.8, 4) is 0 Å². The van der Waals surface area contributed by atoms with Gasteiger partial charge in [-0.15, -0.1) is 0 Å². The summed E-state index contributed by atoms with van der Waals surface area (Å²) in [6, 6.07) is 13.2. The normalized spacial score (nSPS) is 10.8. The van der Waals surface area contributed by atoms with E-state index in [1.54, 1.807) is 36.4 Å². The second-order valence-corrected chi connectivity index (χ2v) is 5.52.